The minimum Gasteiger partial charge on any atom is -0.459 e. The third-order valence-corrected chi connectivity index (χ3v) is 5.12. The van der Waals surface area contributed by atoms with Gasteiger partial charge in [0.25, 0.3) is 5.91 Å². The van der Waals surface area contributed by atoms with Crippen LogP contribution in [0.4, 0.5) is 11.6 Å². The van der Waals surface area contributed by atoms with Gasteiger partial charge in [-0.3, -0.25) is 9.59 Å². The molecule has 3 aromatic rings. The lowest BCUT2D eigenvalue weighted by atomic mass is 9.96. The van der Waals surface area contributed by atoms with Crippen LogP contribution in [0.15, 0.2) is 65.5 Å². The van der Waals surface area contributed by atoms with Gasteiger partial charge in [0.1, 0.15) is 0 Å². The molecule has 1 aromatic carbocycles. The van der Waals surface area contributed by atoms with Crippen LogP contribution < -0.4 is 15.5 Å². The predicted molar refractivity (Wildman–Crippen MR) is 112 cm³/mol. The summed E-state index contributed by atoms with van der Waals surface area (Å²) in [5, 5.41) is 5.79. The van der Waals surface area contributed by atoms with E-state index in [1.807, 2.05) is 12.1 Å². The Bertz CT molecular complexity index is 966. The Hall–Kier alpha value is -3.68. The zero-order valence-electron chi connectivity index (χ0n) is 16.5. The van der Waals surface area contributed by atoms with Crippen LogP contribution in [-0.2, 0) is 11.3 Å². The molecule has 0 radical (unpaired) electrons. The molecule has 1 fully saturated rings. The van der Waals surface area contributed by atoms with Gasteiger partial charge in [0, 0.05) is 43.6 Å². The quantitative estimate of drug-likeness (QED) is 0.654. The second kappa shape index (κ2) is 9.21. The number of piperidine rings is 1. The molecule has 2 amide bonds. The largest absolute Gasteiger partial charge is 0.459 e. The topological polar surface area (TPSA) is 100 Å². The Morgan fingerprint density at radius 1 is 1.03 bits per heavy atom. The van der Waals surface area contributed by atoms with Crippen molar-refractivity contribution in [2.75, 3.05) is 23.3 Å². The monoisotopic (exact) mass is 405 g/mol. The molecule has 4 rings (SSSR count). The fourth-order valence-electron chi connectivity index (χ4n) is 3.44. The van der Waals surface area contributed by atoms with Crippen molar-refractivity contribution >= 4 is 23.5 Å². The highest BCUT2D eigenvalue weighted by Crippen LogP contribution is 2.20. The molecule has 30 heavy (non-hydrogen) atoms. The first-order valence-electron chi connectivity index (χ1n) is 9.92. The lowest BCUT2D eigenvalue weighted by Crippen LogP contribution is -2.41. The third kappa shape index (κ3) is 4.83. The van der Waals surface area contributed by atoms with Crippen molar-refractivity contribution in [1.82, 2.24) is 15.3 Å². The summed E-state index contributed by atoms with van der Waals surface area (Å²) in [5.41, 5.74) is 1.64. The van der Waals surface area contributed by atoms with E-state index in [-0.39, 0.29) is 23.5 Å². The van der Waals surface area contributed by atoms with E-state index in [9.17, 15) is 9.59 Å². The summed E-state index contributed by atoms with van der Waals surface area (Å²) in [7, 11) is 0. The summed E-state index contributed by atoms with van der Waals surface area (Å²) in [6.07, 6.45) is 6.48. The van der Waals surface area contributed by atoms with Crippen LogP contribution in [-0.4, -0.2) is 34.9 Å². The fourth-order valence-corrected chi connectivity index (χ4v) is 3.44. The maximum atomic E-state index is 12.5. The highest BCUT2D eigenvalue weighted by atomic mass is 16.3. The molecule has 8 nitrogen and oxygen atoms in total. The summed E-state index contributed by atoms with van der Waals surface area (Å²) in [4.78, 5) is 35.2. The number of amides is 2. The molecule has 2 N–H and O–H groups in total. The van der Waals surface area contributed by atoms with Crippen molar-refractivity contribution < 1.29 is 14.0 Å². The Labute approximate surface area is 174 Å². The van der Waals surface area contributed by atoms with E-state index >= 15 is 0 Å². The van der Waals surface area contributed by atoms with Crippen molar-refractivity contribution in [3.05, 3.63) is 72.4 Å². The molecule has 0 bridgehead atoms. The minimum atomic E-state index is -0.298. The summed E-state index contributed by atoms with van der Waals surface area (Å²) < 4.78 is 5.08. The highest BCUT2D eigenvalue weighted by molar-refractivity contribution is 6.02. The van der Waals surface area contributed by atoms with Crippen molar-refractivity contribution in [3.8, 4) is 0 Å². The summed E-state index contributed by atoms with van der Waals surface area (Å²) in [6, 6.07) is 12.4. The van der Waals surface area contributed by atoms with Crippen molar-refractivity contribution in [1.29, 1.82) is 0 Å². The Morgan fingerprint density at radius 3 is 2.43 bits per heavy atom. The second-order valence-corrected chi connectivity index (χ2v) is 7.16. The average Bonchev–Trinajstić information content (AvgIpc) is 3.34. The number of nitrogens with zero attached hydrogens (tertiary/aromatic N) is 3. The van der Waals surface area contributed by atoms with E-state index in [4.69, 9.17) is 4.42 Å². The van der Waals surface area contributed by atoms with Gasteiger partial charge in [-0.15, -0.1) is 0 Å². The molecule has 8 heteroatoms. The molecule has 0 saturated carbocycles. The molecular formula is C22H23N5O3. The van der Waals surface area contributed by atoms with Crippen molar-refractivity contribution in [2.24, 2.45) is 5.92 Å². The first kappa shape index (κ1) is 19.6. The maximum absolute atomic E-state index is 12.5. The van der Waals surface area contributed by atoms with Crippen LogP contribution in [0.5, 0.6) is 0 Å². The molecule has 0 atom stereocenters. The van der Waals surface area contributed by atoms with Gasteiger partial charge < -0.3 is 20.0 Å². The van der Waals surface area contributed by atoms with Crippen LogP contribution in [0.2, 0.25) is 0 Å². The van der Waals surface area contributed by atoms with Gasteiger partial charge in [-0.25, -0.2) is 9.97 Å². The van der Waals surface area contributed by atoms with Gasteiger partial charge in [0.05, 0.1) is 6.26 Å². The van der Waals surface area contributed by atoms with E-state index in [0.717, 1.165) is 37.4 Å². The molecule has 1 aliphatic rings. The van der Waals surface area contributed by atoms with Crippen LogP contribution in [0.3, 0.4) is 0 Å². The summed E-state index contributed by atoms with van der Waals surface area (Å²) in [6.45, 7) is 1.99. The number of carbonyl (C=O) groups excluding carboxylic acids is 2. The van der Waals surface area contributed by atoms with Crippen molar-refractivity contribution in [2.45, 2.75) is 19.4 Å². The SMILES string of the molecule is O=C(Nc1ccc(CNC(=O)C2CCN(c3ncccn3)CC2)cc1)c1ccco1. The van der Waals surface area contributed by atoms with E-state index in [0.29, 0.717) is 12.2 Å². The van der Waals surface area contributed by atoms with Gasteiger partial charge in [-0.2, -0.15) is 0 Å². The zero-order valence-corrected chi connectivity index (χ0v) is 16.5. The second-order valence-electron chi connectivity index (χ2n) is 7.16. The van der Waals surface area contributed by atoms with E-state index in [2.05, 4.69) is 25.5 Å². The molecule has 1 aliphatic heterocycles. The van der Waals surface area contributed by atoms with Crippen LogP contribution in [0.25, 0.3) is 0 Å². The minimum absolute atomic E-state index is 0.00294. The summed E-state index contributed by atoms with van der Waals surface area (Å²) in [5.74, 6) is 0.746. The molecule has 154 valence electrons. The van der Waals surface area contributed by atoms with Gasteiger partial charge in [-0.1, -0.05) is 12.1 Å². The van der Waals surface area contributed by atoms with E-state index in [1.165, 1.54) is 6.26 Å². The van der Waals surface area contributed by atoms with Gasteiger partial charge in [0.2, 0.25) is 11.9 Å². The average molecular weight is 405 g/mol. The number of rotatable bonds is 6. The third-order valence-electron chi connectivity index (χ3n) is 5.12. The molecule has 0 aliphatic carbocycles. The molecule has 1 saturated heterocycles. The number of hydrogen-bond donors (Lipinski definition) is 2. The Kier molecular flexibility index (Phi) is 6.03. The van der Waals surface area contributed by atoms with Gasteiger partial charge in [-0.05, 0) is 48.7 Å². The fraction of sp³-hybridized carbons (Fsp3) is 0.273. The molecule has 2 aromatic heterocycles. The molecule has 0 unspecified atom stereocenters. The Balaban J connectivity index is 1.23. The van der Waals surface area contributed by atoms with E-state index in [1.54, 1.807) is 42.7 Å². The van der Waals surface area contributed by atoms with Crippen molar-refractivity contribution in [3.63, 3.8) is 0 Å². The lowest BCUT2D eigenvalue weighted by Gasteiger charge is -2.31. The van der Waals surface area contributed by atoms with Crippen LogP contribution >= 0.6 is 0 Å². The number of furan rings is 1. The van der Waals surface area contributed by atoms with Crippen LogP contribution in [0, 0.1) is 5.92 Å². The lowest BCUT2D eigenvalue weighted by molar-refractivity contribution is -0.125. The van der Waals surface area contributed by atoms with Crippen LogP contribution in [0.1, 0.15) is 29.0 Å². The first-order valence-corrected chi connectivity index (χ1v) is 9.92. The number of benzene rings is 1. The smallest absolute Gasteiger partial charge is 0.291 e. The number of aromatic nitrogens is 2. The zero-order chi connectivity index (χ0) is 20.8. The normalized spacial score (nSPS) is 14.3. The van der Waals surface area contributed by atoms with Gasteiger partial charge >= 0.3 is 0 Å². The number of anilines is 2. The number of hydrogen-bond acceptors (Lipinski definition) is 6. The summed E-state index contributed by atoms with van der Waals surface area (Å²) >= 11 is 0. The van der Waals surface area contributed by atoms with Gasteiger partial charge in [0.15, 0.2) is 5.76 Å². The predicted octanol–water partition coefficient (Wildman–Crippen LogP) is 2.85. The molecule has 0 spiro atoms. The molecular weight excluding hydrogens is 382 g/mol. The molecule has 3 heterocycles. The Morgan fingerprint density at radius 2 is 1.77 bits per heavy atom. The number of carbonyl (C=O) groups is 2. The van der Waals surface area contributed by atoms with E-state index < -0.39 is 0 Å². The first-order chi connectivity index (χ1) is 14.7. The number of nitrogens with one attached hydrogen (secondary N) is 2. The standard InChI is InChI=1S/C22H23N5O3/c28-20(17-8-12-27(13-9-17)22-23-10-2-11-24-22)25-15-16-4-6-18(7-5-16)26-21(29)19-3-1-14-30-19/h1-7,10-11,14,17H,8-9,12-13,15H2,(H,25,28)(H,26,29). The maximum Gasteiger partial charge on any atom is 0.291 e. The highest BCUT2D eigenvalue weighted by Gasteiger charge is 2.25.